The summed E-state index contributed by atoms with van der Waals surface area (Å²) in [4.78, 5) is 28.3. The molecule has 0 bridgehead atoms. The van der Waals surface area contributed by atoms with E-state index in [2.05, 4.69) is 12.2 Å². The van der Waals surface area contributed by atoms with Crippen LogP contribution in [-0.4, -0.2) is 56.5 Å². The van der Waals surface area contributed by atoms with Crippen molar-refractivity contribution in [3.8, 4) is 5.75 Å². The second-order valence-electron chi connectivity index (χ2n) is 7.25. The number of amides is 2. The van der Waals surface area contributed by atoms with Gasteiger partial charge in [-0.1, -0.05) is 38.3 Å². The van der Waals surface area contributed by atoms with Crippen LogP contribution in [0.1, 0.15) is 45.4 Å². The lowest BCUT2D eigenvalue weighted by Gasteiger charge is -2.27. The van der Waals surface area contributed by atoms with Gasteiger partial charge in [-0.15, -0.1) is 0 Å². The van der Waals surface area contributed by atoms with Crippen LogP contribution in [0, 0.1) is 0 Å². The minimum absolute atomic E-state index is 0.0941. The first kappa shape index (κ1) is 21.2. The van der Waals surface area contributed by atoms with Crippen LogP contribution in [-0.2, 0) is 9.59 Å². The van der Waals surface area contributed by atoms with E-state index in [9.17, 15) is 9.59 Å². The van der Waals surface area contributed by atoms with Crippen LogP contribution in [0.4, 0.5) is 5.69 Å². The van der Waals surface area contributed by atoms with Crippen molar-refractivity contribution in [1.82, 2.24) is 4.90 Å². The Labute approximate surface area is 162 Å². The summed E-state index contributed by atoms with van der Waals surface area (Å²) in [5.74, 6) is 0.716. The molecule has 0 spiro atoms. The van der Waals surface area contributed by atoms with E-state index in [1.807, 2.05) is 29.2 Å². The highest BCUT2D eigenvalue weighted by molar-refractivity contribution is 5.93. The van der Waals surface area contributed by atoms with Crippen LogP contribution < -0.4 is 15.0 Å². The number of quaternary nitrogens is 1. The first-order valence-electron chi connectivity index (χ1n) is 10.2. The van der Waals surface area contributed by atoms with E-state index in [1.165, 1.54) is 19.3 Å². The van der Waals surface area contributed by atoms with Crippen molar-refractivity contribution in [3.63, 3.8) is 0 Å². The smallest absolute Gasteiger partial charge is 0.279 e. The van der Waals surface area contributed by atoms with Crippen molar-refractivity contribution in [2.45, 2.75) is 45.4 Å². The van der Waals surface area contributed by atoms with Gasteiger partial charge in [-0.2, -0.15) is 0 Å². The monoisotopic (exact) mass is 376 g/mol. The molecule has 1 atom stereocenters. The molecule has 1 unspecified atom stereocenters. The highest BCUT2D eigenvalue weighted by Gasteiger charge is 2.22. The van der Waals surface area contributed by atoms with Gasteiger partial charge in [-0.3, -0.25) is 9.59 Å². The summed E-state index contributed by atoms with van der Waals surface area (Å²) in [6.07, 6.45) is 6.79. The van der Waals surface area contributed by atoms with Crippen LogP contribution in [0.25, 0.3) is 0 Å². The number of carbonyl (C=O) groups excluding carboxylic acids is 2. The van der Waals surface area contributed by atoms with E-state index in [1.54, 1.807) is 7.11 Å². The average Bonchev–Trinajstić information content (AvgIpc) is 2.61. The number of nitrogens with one attached hydrogen (secondary N) is 2. The summed E-state index contributed by atoms with van der Waals surface area (Å²) in [7, 11) is 1.59. The summed E-state index contributed by atoms with van der Waals surface area (Å²) in [5, 5.41) is 2.91. The van der Waals surface area contributed by atoms with Crippen LogP contribution in [0.5, 0.6) is 5.75 Å². The third-order valence-corrected chi connectivity index (χ3v) is 5.01. The summed E-state index contributed by atoms with van der Waals surface area (Å²) < 4.78 is 5.28. The number of rotatable bonds is 8. The third-order valence-electron chi connectivity index (χ3n) is 5.01. The molecule has 1 fully saturated rings. The van der Waals surface area contributed by atoms with Gasteiger partial charge < -0.3 is 19.9 Å². The topological polar surface area (TPSA) is 63.1 Å². The first-order chi connectivity index (χ1) is 13.1. The number of ether oxygens (including phenoxy) is 1. The lowest BCUT2D eigenvalue weighted by atomic mass is 10.1. The van der Waals surface area contributed by atoms with Crippen molar-refractivity contribution >= 4 is 17.5 Å². The summed E-state index contributed by atoms with van der Waals surface area (Å²) in [6, 6.07) is 7.37. The second kappa shape index (κ2) is 11.6. The number of hydrogen-bond acceptors (Lipinski definition) is 3. The van der Waals surface area contributed by atoms with E-state index in [0.29, 0.717) is 18.0 Å². The molecule has 6 nitrogen and oxygen atoms in total. The van der Waals surface area contributed by atoms with Gasteiger partial charge in [0, 0.05) is 13.1 Å². The zero-order chi connectivity index (χ0) is 19.5. The summed E-state index contributed by atoms with van der Waals surface area (Å²) in [5.41, 5.74) is 0.663. The molecule has 0 aromatic heterocycles. The SMILES string of the molecule is CCC[NH+](CC(=O)Nc1ccccc1OC)CC(=O)N1CCCCCCC1. The molecule has 1 heterocycles. The standard InChI is InChI=1S/C21H33N3O3/c1-3-13-23(17-21(26)24-14-9-5-4-6-10-15-24)16-20(25)22-18-11-7-8-12-19(18)27-2/h7-8,11-12H,3-6,9-10,13-17H2,1-2H3,(H,22,25)/p+1. The number of nitrogens with zero attached hydrogens (tertiary/aromatic N) is 1. The fourth-order valence-corrected chi connectivity index (χ4v) is 3.58. The predicted molar refractivity (Wildman–Crippen MR) is 107 cm³/mol. The molecule has 27 heavy (non-hydrogen) atoms. The minimum Gasteiger partial charge on any atom is -0.495 e. The van der Waals surface area contributed by atoms with Crippen molar-refractivity contribution in [1.29, 1.82) is 0 Å². The van der Waals surface area contributed by atoms with Gasteiger partial charge in [0.25, 0.3) is 11.8 Å². The van der Waals surface area contributed by atoms with Gasteiger partial charge in [0.1, 0.15) is 5.75 Å². The molecule has 2 N–H and O–H groups in total. The molecule has 1 aliphatic rings. The fourth-order valence-electron chi connectivity index (χ4n) is 3.58. The van der Waals surface area contributed by atoms with E-state index in [-0.39, 0.29) is 18.4 Å². The lowest BCUT2D eigenvalue weighted by Crippen LogP contribution is -3.14. The van der Waals surface area contributed by atoms with Gasteiger partial charge >= 0.3 is 0 Å². The largest absolute Gasteiger partial charge is 0.495 e. The van der Waals surface area contributed by atoms with Crippen LogP contribution >= 0.6 is 0 Å². The maximum absolute atomic E-state index is 12.7. The molecule has 0 saturated carbocycles. The fraction of sp³-hybridized carbons (Fsp3) is 0.619. The van der Waals surface area contributed by atoms with E-state index in [4.69, 9.17) is 4.74 Å². The highest BCUT2D eigenvalue weighted by atomic mass is 16.5. The number of benzene rings is 1. The van der Waals surface area contributed by atoms with E-state index in [0.717, 1.165) is 43.8 Å². The molecule has 2 rings (SSSR count). The molecule has 2 amide bonds. The Morgan fingerprint density at radius 3 is 2.41 bits per heavy atom. The average molecular weight is 377 g/mol. The van der Waals surface area contributed by atoms with Gasteiger partial charge in [-0.05, 0) is 31.4 Å². The molecule has 1 aliphatic heterocycles. The minimum atomic E-state index is -0.0941. The molecular formula is C21H34N3O3+. The van der Waals surface area contributed by atoms with Gasteiger partial charge in [-0.25, -0.2) is 0 Å². The number of carbonyl (C=O) groups is 2. The van der Waals surface area contributed by atoms with Crippen molar-refractivity contribution in [2.75, 3.05) is 45.2 Å². The highest BCUT2D eigenvalue weighted by Crippen LogP contribution is 2.22. The van der Waals surface area contributed by atoms with Crippen LogP contribution in [0.15, 0.2) is 24.3 Å². The Morgan fingerprint density at radius 2 is 1.74 bits per heavy atom. The van der Waals surface area contributed by atoms with Gasteiger partial charge in [0.2, 0.25) is 0 Å². The maximum Gasteiger partial charge on any atom is 0.279 e. The zero-order valence-corrected chi connectivity index (χ0v) is 16.8. The molecule has 6 heteroatoms. The Bertz CT molecular complexity index is 598. The predicted octanol–water partition coefficient (Wildman–Crippen LogP) is 1.72. The molecule has 0 radical (unpaired) electrons. The third kappa shape index (κ3) is 7.21. The maximum atomic E-state index is 12.7. The van der Waals surface area contributed by atoms with Crippen LogP contribution in [0.3, 0.4) is 0 Å². The molecule has 1 saturated heterocycles. The summed E-state index contributed by atoms with van der Waals surface area (Å²) >= 11 is 0. The molecule has 1 aromatic rings. The number of methoxy groups -OCH3 is 1. The van der Waals surface area contributed by atoms with Gasteiger partial charge in [0.15, 0.2) is 13.1 Å². The van der Waals surface area contributed by atoms with Crippen molar-refractivity contribution < 1.29 is 19.2 Å². The molecule has 150 valence electrons. The number of likely N-dealkylation sites (tertiary alicyclic amines) is 1. The summed E-state index contributed by atoms with van der Waals surface area (Å²) in [6.45, 7) is 5.26. The molecule has 0 aliphatic carbocycles. The lowest BCUT2D eigenvalue weighted by molar-refractivity contribution is -0.884. The number of anilines is 1. The Hall–Kier alpha value is -2.08. The van der Waals surface area contributed by atoms with Crippen LogP contribution in [0.2, 0.25) is 0 Å². The quantitative estimate of drug-likeness (QED) is 0.726. The second-order valence-corrected chi connectivity index (χ2v) is 7.25. The van der Waals surface area contributed by atoms with Gasteiger partial charge in [0.05, 0.1) is 19.3 Å². The molecular weight excluding hydrogens is 342 g/mol. The Balaban J connectivity index is 1.91. The Kier molecular flexibility index (Phi) is 9.11. The van der Waals surface area contributed by atoms with E-state index >= 15 is 0 Å². The first-order valence-corrected chi connectivity index (χ1v) is 10.2. The molecule has 1 aromatic carbocycles. The van der Waals surface area contributed by atoms with E-state index < -0.39 is 0 Å². The van der Waals surface area contributed by atoms with Crippen molar-refractivity contribution in [2.24, 2.45) is 0 Å². The normalized spacial score (nSPS) is 16.1. The number of hydrogen-bond donors (Lipinski definition) is 2. The Morgan fingerprint density at radius 1 is 1.07 bits per heavy atom. The zero-order valence-electron chi connectivity index (χ0n) is 16.8. The van der Waals surface area contributed by atoms with Crippen molar-refractivity contribution in [3.05, 3.63) is 24.3 Å². The number of para-hydroxylation sites is 2.